The van der Waals surface area contributed by atoms with Crippen LogP contribution in [0.4, 0.5) is 0 Å². The minimum absolute atomic E-state index is 0.206. The Labute approximate surface area is 155 Å². The normalized spacial score (nSPS) is 12.0. The second-order valence-corrected chi connectivity index (χ2v) is 6.30. The Bertz CT molecular complexity index is 1130. The third-order valence-corrected chi connectivity index (χ3v) is 4.46. The molecule has 6 nitrogen and oxygen atoms in total. The molecule has 1 atom stereocenters. The van der Waals surface area contributed by atoms with E-state index >= 15 is 0 Å². The first-order valence-electron chi connectivity index (χ1n) is 8.54. The first-order valence-corrected chi connectivity index (χ1v) is 8.54. The second kappa shape index (κ2) is 6.54. The van der Waals surface area contributed by atoms with Gasteiger partial charge in [0.15, 0.2) is 0 Å². The topological polar surface area (TPSA) is 84.1 Å². The highest BCUT2D eigenvalue weighted by Gasteiger charge is 2.26. The number of aryl methyl sites for hydroxylation is 1. The lowest BCUT2D eigenvalue weighted by molar-refractivity contribution is 0.0934. The molecule has 134 valence electrons. The highest BCUT2D eigenvalue weighted by Crippen LogP contribution is 2.27. The van der Waals surface area contributed by atoms with E-state index in [1.165, 1.54) is 0 Å². The number of furan rings is 2. The van der Waals surface area contributed by atoms with Gasteiger partial charge >= 0.3 is 0 Å². The molecule has 0 bridgehead atoms. The van der Waals surface area contributed by atoms with E-state index < -0.39 is 0 Å². The summed E-state index contributed by atoms with van der Waals surface area (Å²) in [6, 6.07) is 14.9. The van der Waals surface area contributed by atoms with Gasteiger partial charge in [0.05, 0.1) is 6.04 Å². The second-order valence-electron chi connectivity index (χ2n) is 6.30. The minimum atomic E-state index is -0.376. The molecule has 0 aliphatic heterocycles. The Morgan fingerprint density at radius 3 is 2.63 bits per heavy atom. The molecule has 1 amide bonds. The van der Waals surface area contributed by atoms with Crippen LogP contribution in [0, 0.1) is 18.3 Å². The number of carbonyl (C=O) groups is 1. The van der Waals surface area contributed by atoms with Crippen molar-refractivity contribution in [2.24, 2.45) is 0 Å². The summed E-state index contributed by atoms with van der Waals surface area (Å²) in [6.45, 7) is 3.51. The van der Waals surface area contributed by atoms with Gasteiger partial charge in [0.1, 0.15) is 34.3 Å². The van der Waals surface area contributed by atoms with Crippen LogP contribution in [-0.2, 0) is 0 Å². The number of hydrogen-bond donors (Lipinski definition) is 1. The Morgan fingerprint density at radius 1 is 1.19 bits per heavy atom. The number of fused-ring (bicyclic) bond motifs is 1. The molecule has 0 spiro atoms. The molecule has 4 aromatic rings. The summed E-state index contributed by atoms with van der Waals surface area (Å²) in [5, 5.41) is 13.5. The Kier molecular flexibility index (Phi) is 4.05. The van der Waals surface area contributed by atoms with Crippen molar-refractivity contribution >= 4 is 16.9 Å². The fraction of sp³-hybridized carbons (Fsp3) is 0.143. The third kappa shape index (κ3) is 2.89. The molecule has 0 aliphatic rings. The van der Waals surface area contributed by atoms with Crippen molar-refractivity contribution in [1.82, 2.24) is 9.88 Å². The van der Waals surface area contributed by atoms with Gasteiger partial charge in [0.2, 0.25) is 5.88 Å². The molecule has 3 aromatic heterocycles. The first-order chi connectivity index (χ1) is 13.1. The zero-order chi connectivity index (χ0) is 19.0. The predicted octanol–water partition coefficient (Wildman–Crippen LogP) is 4.49. The number of para-hydroxylation sites is 1. The summed E-state index contributed by atoms with van der Waals surface area (Å²) in [7, 11) is 0. The number of carbonyl (C=O) groups excluding carboxylic acids is 1. The molecule has 0 fully saturated rings. The van der Waals surface area contributed by atoms with Crippen LogP contribution >= 0.6 is 0 Å². The van der Waals surface area contributed by atoms with E-state index in [1.807, 2.05) is 49.4 Å². The highest BCUT2D eigenvalue weighted by atomic mass is 16.4. The van der Waals surface area contributed by atoms with E-state index in [2.05, 4.69) is 11.4 Å². The zero-order valence-corrected chi connectivity index (χ0v) is 14.9. The van der Waals surface area contributed by atoms with Crippen molar-refractivity contribution in [1.29, 1.82) is 5.26 Å². The van der Waals surface area contributed by atoms with E-state index in [0.717, 1.165) is 11.0 Å². The van der Waals surface area contributed by atoms with E-state index in [-0.39, 0.29) is 23.1 Å². The van der Waals surface area contributed by atoms with Crippen LogP contribution < -0.4 is 5.32 Å². The fourth-order valence-corrected chi connectivity index (χ4v) is 3.11. The maximum Gasteiger partial charge on any atom is 0.256 e. The summed E-state index contributed by atoms with van der Waals surface area (Å²) in [4.78, 5) is 12.9. The van der Waals surface area contributed by atoms with Crippen molar-refractivity contribution in [3.8, 4) is 12.0 Å². The molecular formula is C21H17N3O3. The molecule has 4 rings (SSSR count). The number of amides is 1. The van der Waals surface area contributed by atoms with Gasteiger partial charge < -0.3 is 14.2 Å². The first kappa shape index (κ1) is 16.7. The van der Waals surface area contributed by atoms with Gasteiger partial charge in [0.25, 0.3) is 5.91 Å². The standard InChI is InChI=1S/C21H17N3O3/c1-13(18-11-15-7-3-4-8-17(15)27-18)23-20(25)19-14(2)26-21(16(19)12-22)24-9-5-6-10-24/h3-11,13H,1-2H3,(H,23,25)/t13-/m0/s1. The lowest BCUT2D eigenvalue weighted by Crippen LogP contribution is -2.27. The van der Waals surface area contributed by atoms with E-state index in [1.54, 1.807) is 23.9 Å². The van der Waals surface area contributed by atoms with Crippen LogP contribution in [0.15, 0.2) is 63.7 Å². The van der Waals surface area contributed by atoms with Crippen molar-refractivity contribution in [3.63, 3.8) is 0 Å². The molecule has 0 saturated heterocycles. The number of nitriles is 1. The third-order valence-electron chi connectivity index (χ3n) is 4.46. The zero-order valence-electron chi connectivity index (χ0n) is 14.9. The van der Waals surface area contributed by atoms with Crippen LogP contribution in [0.5, 0.6) is 0 Å². The number of nitrogens with one attached hydrogen (secondary N) is 1. The monoisotopic (exact) mass is 359 g/mol. The lowest BCUT2D eigenvalue weighted by atomic mass is 10.1. The van der Waals surface area contributed by atoms with Crippen LogP contribution in [0.3, 0.4) is 0 Å². The van der Waals surface area contributed by atoms with Crippen molar-refractivity contribution in [2.75, 3.05) is 0 Å². The Hall–Kier alpha value is -3.72. The molecule has 0 unspecified atom stereocenters. The molecule has 0 radical (unpaired) electrons. The Morgan fingerprint density at radius 2 is 1.93 bits per heavy atom. The number of hydrogen-bond acceptors (Lipinski definition) is 4. The largest absolute Gasteiger partial charge is 0.459 e. The summed E-state index contributed by atoms with van der Waals surface area (Å²) in [6.07, 6.45) is 3.52. The number of rotatable bonds is 4. The van der Waals surface area contributed by atoms with Gasteiger partial charge in [-0.05, 0) is 38.1 Å². The van der Waals surface area contributed by atoms with Gasteiger partial charge in [-0.25, -0.2) is 0 Å². The number of aromatic nitrogens is 1. The molecule has 0 aliphatic carbocycles. The van der Waals surface area contributed by atoms with Crippen LogP contribution in [-0.4, -0.2) is 10.5 Å². The molecule has 27 heavy (non-hydrogen) atoms. The average molecular weight is 359 g/mol. The SMILES string of the molecule is Cc1oc(-n2cccc2)c(C#N)c1C(=O)N[C@@H](C)c1cc2ccccc2o1. The maximum absolute atomic E-state index is 12.9. The smallest absolute Gasteiger partial charge is 0.256 e. The summed E-state index contributed by atoms with van der Waals surface area (Å²) in [5.41, 5.74) is 1.21. The van der Waals surface area contributed by atoms with Gasteiger partial charge in [-0.2, -0.15) is 5.26 Å². The van der Waals surface area contributed by atoms with E-state index in [0.29, 0.717) is 17.4 Å². The van der Waals surface area contributed by atoms with E-state index in [4.69, 9.17) is 8.83 Å². The molecule has 1 N–H and O–H groups in total. The summed E-state index contributed by atoms with van der Waals surface area (Å²) >= 11 is 0. The molecular weight excluding hydrogens is 342 g/mol. The van der Waals surface area contributed by atoms with E-state index in [9.17, 15) is 10.1 Å². The quantitative estimate of drug-likeness (QED) is 0.582. The molecule has 3 heterocycles. The van der Waals surface area contributed by atoms with Crippen molar-refractivity contribution in [3.05, 3.63) is 77.5 Å². The lowest BCUT2D eigenvalue weighted by Gasteiger charge is -2.11. The summed E-state index contributed by atoms with van der Waals surface area (Å²) in [5.74, 6) is 1.00. The Balaban J connectivity index is 1.64. The summed E-state index contributed by atoms with van der Waals surface area (Å²) < 4.78 is 13.2. The van der Waals surface area contributed by atoms with Gasteiger partial charge in [-0.15, -0.1) is 0 Å². The maximum atomic E-state index is 12.9. The van der Waals surface area contributed by atoms with Crippen LogP contribution in [0.25, 0.3) is 16.9 Å². The van der Waals surface area contributed by atoms with Crippen LogP contribution in [0.1, 0.15) is 40.4 Å². The average Bonchev–Trinajstić information content (AvgIpc) is 3.38. The molecule has 0 saturated carbocycles. The molecule has 6 heteroatoms. The number of nitrogens with zero attached hydrogens (tertiary/aromatic N) is 2. The molecule has 1 aromatic carbocycles. The van der Waals surface area contributed by atoms with Gasteiger partial charge in [-0.3, -0.25) is 9.36 Å². The van der Waals surface area contributed by atoms with Crippen LogP contribution in [0.2, 0.25) is 0 Å². The van der Waals surface area contributed by atoms with Gasteiger partial charge in [-0.1, -0.05) is 18.2 Å². The predicted molar refractivity (Wildman–Crippen MR) is 99.6 cm³/mol. The van der Waals surface area contributed by atoms with Crippen molar-refractivity contribution < 1.29 is 13.6 Å². The number of benzene rings is 1. The minimum Gasteiger partial charge on any atom is -0.459 e. The highest BCUT2D eigenvalue weighted by molar-refractivity contribution is 5.98. The van der Waals surface area contributed by atoms with Crippen molar-refractivity contribution in [2.45, 2.75) is 19.9 Å². The fourth-order valence-electron chi connectivity index (χ4n) is 3.11. The van der Waals surface area contributed by atoms with Gasteiger partial charge in [0, 0.05) is 17.8 Å².